The monoisotopic (exact) mass is 346 g/mol. The normalized spacial score (nSPS) is 14.9. The fourth-order valence-electron chi connectivity index (χ4n) is 2.40. The van der Waals surface area contributed by atoms with Crippen LogP contribution in [0.1, 0.15) is 35.9 Å². The highest BCUT2D eigenvalue weighted by Crippen LogP contribution is 2.41. The largest absolute Gasteiger partial charge is 0.360 e. The van der Waals surface area contributed by atoms with E-state index in [-0.39, 0.29) is 10.8 Å². The van der Waals surface area contributed by atoms with E-state index < -0.39 is 10.0 Å². The maximum atomic E-state index is 11.4. The number of sulfonamides is 1. The molecule has 24 heavy (non-hydrogen) atoms. The van der Waals surface area contributed by atoms with Crippen molar-refractivity contribution < 1.29 is 17.5 Å². The Balaban J connectivity index is 1.54. The van der Waals surface area contributed by atoms with Crippen LogP contribution >= 0.6 is 0 Å². The lowest BCUT2D eigenvalue weighted by atomic mass is 10.1. The van der Waals surface area contributed by atoms with Gasteiger partial charge in [0.15, 0.2) is 11.5 Å². The average molecular weight is 346 g/mol. The van der Waals surface area contributed by atoms with E-state index in [9.17, 15) is 8.42 Å². The maximum Gasteiger partial charge on any atom is 0.280 e. The Morgan fingerprint density at radius 1 is 1.17 bits per heavy atom. The molecule has 124 valence electrons. The van der Waals surface area contributed by atoms with E-state index in [1.54, 1.807) is 12.1 Å². The minimum atomic E-state index is -3.74. The fourth-order valence-corrected chi connectivity index (χ4v) is 2.98. The Hall–Kier alpha value is -2.52. The number of rotatable bonds is 5. The highest BCUT2D eigenvalue weighted by Gasteiger charge is 2.28. The van der Waals surface area contributed by atoms with E-state index in [0.29, 0.717) is 29.4 Å². The summed E-state index contributed by atoms with van der Waals surface area (Å²) in [6, 6.07) is 8.14. The summed E-state index contributed by atoms with van der Waals surface area (Å²) in [7, 11) is -3.74. The number of nitrogens with two attached hydrogens (primary N) is 1. The number of primary sulfonamides is 1. The summed E-state index contributed by atoms with van der Waals surface area (Å²) in [4.78, 5) is 4.33. The minimum Gasteiger partial charge on any atom is -0.360 e. The van der Waals surface area contributed by atoms with Gasteiger partial charge in [0.2, 0.25) is 10.0 Å². The van der Waals surface area contributed by atoms with Gasteiger partial charge < -0.3 is 9.05 Å². The van der Waals surface area contributed by atoms with E-state index in [4.69, 9.17) is 14.2 Å². The summed E-state index contributed by atoms with van der Waals surface area (Å²) in [5.74, 6) is 2.00. The van der Waals surface area contributed by atoms with Gasteiger partial charge in [0.25, 0.3) is 5.89 Å². The molecular formula is C15H14N4O4S. The first kappa shape index (κ1) is 15.0. The van der Waals surface area contributed by atoms with Gasteiger partial charge in [-0.05, 0) is 30.5 Å². The molecule has 0 bridgehead atoms. The van der Waals surface area contributed by atoms with Gasteiger partial charge in [-0.1, -0.05) is 22.4 Å². The number of aromatic nitrogens is 3. The molecule has 0 atom stereocenters. The molecule has 1 aromatic carbocycles. The summed E-state index contributed by atoms with van der Waals surface area (Å²) < 4.78 is 33.3. The molecule has 0 radical (unpaired) electrons. The van der Waals surface area contributed by atoms with Crippen molar-refractivity contribution >= 4 is 10.0 Å². The van der Waals surface area contributed by atoms with Crippen molar-refractivity contribution in [1.82, 2.24) is 15.3 Å². The van der Waals surface area contributed by atoms with Gasteiger partial charge in [0, 0.05) is 18.4 Å². The molecule has 0 unspecified atom stereocenters. The van der Waals surface area contributed by atoms with Crippen LogP contribution in [-0.2, 0) is 16.4 Å². The summed E-state index contributed by atoms with van der Waals surface area (Å²) in [6.45, 7) is 0. The molecule has 4 rings (SSSR count). The summed E-state index contributed by atoms with van der Waals surface area (Å²) in [6.07, 6.45) is 2.55. The van der Waals surface area contributed by atoms with Crippen LogP contribution in [0.25, 0.3) is 11.6 Å². The minimum absolute atomic E-state index is 0.0503. The molecule has 9 heteroatoms. The quantitative estimate of drug-likeness (QED) is 0.747. The van der Waals surface area contributed by atoms with Gasteiger partial charge >= 0.3 is 0 Å². The lowest BCUT2D eigenvalue weighted by Gasteiger charge is -2.01. The second-order valence-corrected chi connectivity index (χ2v) is 7.34. The Bertz CT molecular complexity index is 988. The summed E-state index contributed by atoms with van der Waals surface area (Å²) in [5.41, 5.74) is 1.22. The van der Waals surface area contributed by atoms with Crippen LogP contribution < -0.4 is 5.14 Å². The van der Waals surface area contributed by atoms with Crippen molar-refractivity contribution in [2.75, 3.05) is 0 Å². The third kappa shape index (κ3) is 3.08. The number of hydrogen-bond acceptors (Lipinski definition) is 7. The average Bonchev–Trinajstić information content (AvgIpc) is 3.08. The highest BCUT2D eigenvalue weighted by molar-refractivity contribution is 7.89. The zero-order chi connectivity index (χ0) is 16.7. The predicted molar refractivity (Wildman–Crippen MR) is 82.4 cm³/mol. The molecule has 2 aromatic heterocycles. The van der Waals surface area contributed by atoms with Crippen LogP contribution in [0, 0.1) is 0 Å². The first-order chi connectivity index (χ1) is 11.5. The van der Waals surface area contributed by atoms with Gasteiger partial charge in [-0.15, -0.1) is 0 Å². The first-order valence-electron chi connectivity index (χ1n) is 7.40. The van der Waals surface area contributed by atoms with Crippen molar-refractivity contribution in [2.24, 2.45) is 5.14 Å². The SMILES string of the molecule is NS(=O)(=O)c1cccc(Cc2noc(-c3cc(C4CC4)on3)n2)c1. The third-order valence-corrected chi connectivity index (χ3v) is 4.70. The lowest BCUT2D eigenvalue weighted by molar-refractivity contribution is 0.379. The second-order valence-electron chi connectivity index (χ2n) is 5.77. The molecular weight excluding hydrogens is 332 g/mol. The van der Waals surface area contributed by atoms with Crippen LogP contribution in [0.3, 0.4) is 0 Å². The van der Waals surface area contributed by atoms with Crippen molar-refractivity contribution in [3.63, 3.8) is 0 Å². The maximum absolute atomic E-state index is 11.4. The lowest BCUT2D eigenvalue weighted by Crippen LogP contribution is -2.12. The predicted octanol–water partition coefficient (Wildman–Crippen LogP) is 1.84. The Morgan fingerprint density at radius 3 is 2.75 bits per heavy atom. The zero-order valence-electron chi connectivity index (χ0n) is 12.5. The van der Waals surface area contributed by atoms with Crippen LogP contribution in [0.5, 0.6) is 0 Å². The van der Waals surface area contributed by atoms with Crippen molar-refractivity contribution in [3.8, 4) is 11.6 Å². The van der Waals surface area contributed by atoms with E-state index in [0.717, 1.165) is 18.6 Å². The molecule has 0 spiro atoms. The molecule has 2 N–H and O–H groups in total. The second kappa shape index (κ2) is 5.53. The molecule has 2 heterocycles. The molecule has 1 fully saturated rings. The molecule has 1 saturated carbocycles. The fraction of sp³-hybridized carbons (Fsp3) is 0.267. The molecule has 0 saturated heterocycles. The van der Waals surface area contributed by atoms with Gasteiger partial charge in [0.1, 0.15) is 5.76 Å². The smallest absolute Gasteiger partial charge is 0.280 e. The summed E-state index contributed by atoms with van der Waals surface area (Å²) >= 11 is 0. The van der Waals surface area contributed by atoms with E-state index in [1.807, 2.05) is 6.07 Å². The highest BCUT2D eigenvalue weighted by atomic mass is 32.2. The molecule has 0 aliphatic heterocycles. The van der Waals surface area contributed by atoms with E-state index >= 15 is 0 Å². The van der Waals surface area contributed by atoms with Crippen LogP contribution in [0.2, 0.25) is 0 Å². The number of hydrogen-bond donors (Lipinski definition) is 1. The van der Waals surface area contributed by atoms with Gasteiger partial charge in [-0.2, -0.15) is 4.98 Å². The van der Waals surface area contributed by atoms with Gasteiger partial charge in [-0.3, -0.25) is 0 Å². The third-order valence-electron chi connectivity index (χ3n) is 3.78. The van der Waals surface area contributed by atoms with Crippen molar-refractivity contribution in [1.29, 1.82) is 0 Å². The van der Waals surface area contributed by atoms with Crippen molar-refractivity contribution in [2.45, 2.75) is 30.1 Å². The molecule has 1 aliphatic rings. The first-order valence-corrected chi connectivity index (χ1v) is 8.95. The molecule has 3 aromatic rings. The van der Waals surface area contributed by atoms with Gasteiger partial charge in [0.05, 0.1) is 4.90 Å². The van der Waals surface area contributed by atoms with Crippen LogP contribution in [-0.4, -0.2) is 23.7 Å². The van der Waals surface area contributed by atoms with Crippen LogP contribution in [0.15, 0.2) is 44.3 Å². The Kier molecular flexibility index (Phi) is 3.47. The van der Waals surface area contributed by atoms with Gasteiger partial charge in [-0.25, -0.2) is 13.6 Å². The molecule has 8 nitrogen and oxygen atoms in total. The Labute approximate surface area is 137 Å². The number of nitrogens with zero attached hydrogens (tertiary/aromatic N) is 3. The Morgan fingerprint density at radius 2 is 2.00 bits per heavy atom. The van der Waals surface area contributed by atoms with E-state index in [1.165, 1.54) is 12.1 Å². The molecule has 1 aliphatic carbocycles. The topological polar surface area (TPSA) is 125 Å². The molecule has 0 amide bonds. The summed E-state index contributed by atoms with van der Waals surface area (Å²) in [5, 5.41) is 13.0. The number of benzene rings is 1. The van der Waals surface area contributed by atoms with E-state index in [2.05, 4.69) is 15.3 Å². The van der Waals surface area contributed by atoms with Crippen molar-refractivity contribution in [3.05, 3.63) is 47.5 Å². The standard InChI is InChI=1S/C15H14N4O4S/c16-24(20,21)11-3-1-2-9(6-11)7-14-17-15(23-19-14)12-8-13(22-18-12)10-4-5-10/h1-3,6,8,10H,4-5,7H2,(H2,16,20,21). The van der Waals surface area contributed by atoms with Crippen LogP contribution in [0.4, 0.5) is 0 Å². The zero-order valence-corrected chi connectivity index (χ0v) is 13.4.